The van der Waals surface area contributed by atoms with Gasteiger partial charge in [0.25, 0.3) is 0 Å². The van der Waals surface area contributed by atoms with E-state index in [-0.39, 0.29) is 5.82 Å². The minimum Gasteiger partial charge on any atom is -0.368 e. The third-order valence-corrected chi connectivity index (χ3v) is 4.89. The zero-order valence-electron chi connectivity index (χ0n) is 14.2. The van der Waals surface area contributed by atoms with Crippen LogP contribution in [0.2, 0.25) is 0 Å². The zero-order chi connectivity index (χ0) is 18.1. The van der Waals surface area contributed by atoms with Crippen molar-refractivity contribution in [2.75, 3.05) is 0 Å². The number of carbonyl (C=O) groups is 1. The van der Waals surface area contributed by atoms with Gasteiger partial charge in [0.05, 0.1) is 0 Å². The molecule has 0 saturated carbocycles. The smallest absolute Gasteiger partial charge is 0.239 e. The predicted molar refractivity (Wildman–Crippen MR) is 99.5 cm³/mol. The zero-order valence-corrected chi connectivity index (χ0v) is 14.2. The van der Waals surface area contributed by atoms with Gasteiger partial charge in [-0.15, -0.1) is 0 Å². The van der Waals surface area contributed by atoms with Crippen LogP contribution in [0.4, 0.5) is 4.39 Å². The van der Waals surface area contributed by atoms with E-state index in [2.05, 4.69) is 29.2 Å². The first-order valence-corrected chi connectivity index (χ1v) is 8.58. The summed E-state index contributed by atoms with van der Waals surface area (Å²) in [6.07, 6.45) is 0. The van der Waals surface area contributed by atoms with Gasteiger partial charge in [0.2, 0.25) is 5.91 Å². The molecule has 3 aromatic carbocycles. The second-order valence-electron chi connectivity index (χ2n) is 6.58. The van der Waals surface area contributed by atoms with E-state index in [9.17, 15) is 9.18 Å². The lowest BCUT2D eigenvalue weighted by Crippen LogP contribution is -2.36. The Balaban J connectivity index is 1.82. The summed E-state index contributed by atoms with van der Waals surface area (Å²) in [5.41, 5.74) is 11.1. The number of nitrogens with zero attached hydrogens (tertiary/aromatic N) is 1. The second kappa shape index (κ2) is 6.73. The number of benzene rings is 3. The Hall–Kier alpha value is -2.98. The molecular weight excluding hydrogens is 327 g/mol. The van der Waals surface area contributed by atoms with Gasteiger partial charge in [0.15, 0.2) is 0 Å². The van der Waals surface area contributed by atoms with Crippen LogP contribution in [0.15, 0.2) is 72.8 Å². The summed E-state index contributed by atoms with van der Waals surface area (Å²) in [7, 11) is 0. The lowest BCUT2D eigenvalue weighted by molar-refractivity contribution is -0.124. The van der Waals surface area contributed by atoms with E-state index in [1.165, 1.54) is 23.3 Å². The first-order valence-electron chi connectivity index (χ1n) is 8.58. The fraction of sp³-hybridized carbons (Fsp3) is 0.136. The highest BCUT2D eigenvalue weighted by Crippen LogP contribution is 2.35. The normalized spacial score (nSPS) is 14.8. The molecule has 0 aromatic heterocycles. The molecule has 0 fully saturated rings. The van der Waals surface area contributed by atoms with Crippen molar-refractivity contribution in [1.82, 2.24) is 4.90 Å². The Labute approximate surface area is 151 Å². The van der Waals surface area contributed by atoms with E-state index in [1.54, 1.807) is 12.1 Å². The minimum atomic E-state index is -0.616. The van der Waals surface area contributed by atoms with Crippen molar-refractivity contribution in [1.29, 1.82) is 0 Å². The first kappa shape index (κ1) is 16.5. The molecule has 1 unspecified atom stereocenters. The molecule has 4 rings (SSSR count). The van der Waals surface area contributed by atoms with Crippen LogP contribution in [-0.4, -0.2) is 10.8 Å². The third-order valence-electron chi connectivity index (χ3n) is 4.89. The van der Waals surface area contributed by atoms with Crippen molar-refractivity contribution in [3.8, 4) is 11.1 Å². The Morgan fingerprint density at radius 2 is 1.35 bits per heavy atom. The van der Waals surface area contributed by atoms with Crippen LogP contribution in [0.25, 0.3) is 11.1 Å². The maximum Gasteiger partial charge on any atom is 0.239 e. The number of hydrogen-bond donors (Lipinski definition) is 1. The van der Waals surface area contributed by atoms with Crippen LogP contribution in [-0.2, 0) is 17.9 Å². The summed E-state index contributed by atoms with van der Waals surface area (Å²) in [5.74, 6) is -0.767. The molecule has 1 amide bonds. The van der Waals surface area contributed by atoms with Gasteiger partial charge in [0, 0.05) is 13.1 Å². The molecule has 3 aromatic rings. The molecule has 3 nitrogen and oxygen atoms in total. The maximum absolute atomic E-state index is 13.3. The SMILES string of the molecule is NC(=O)C(c1ccc(F)cc1)N1Cc2ccccc2-c2ccccc2C1. The van der Waals surface area contributed by atoms with Crippen LogP contribution in [0, 0.1) is 5.82 Å². The van der Waals surface area contributed by atoms with Gasteiger partial charge in [-0.2, -0.15) is 0 Å². The van der Waals surface area contributed by atoms with Gasteiger partial charge in [-0.1, -0.05) is 60.7 Å². The molecule has 1 aliphatic rings. The van der Waals surface area contributed by atoms with E-state index in [1.807, 2.05) is 24.3 Å². The molecule has 0 bridgehead atoms. The maximum atomic E-state index is 13.3. The largest absolute Gasteiger partial charge is 0.368 e. The van der Waals surface area contributed by atoms with Crippen molar-refractivity contribution in [3.05, 3.63) is 95.3 Å². The molecule has 0 aliphatic carbocycles. The summed E-state index contributed by atoms with van der Waals surface area (Å²) in [6.45, 7) is 1.19. The highest BCUT2D eigenvalue weighted by Gasteiger charge is 2.29. The Morgan fingerprint density at radius 3 is 1.85 bits per heavy atom. The summed E-state index contributed by atoms with van der Waals surface area (Å²) in [6, 6.07) is 21.8. The molecular formula is C22H19FN2O. The molecule has 1 aliphatic heterocycles. The fourth-order valence-corrected chi connectivity index (χ4v) is 3.72. The van der Waals surface area contributed by atoms with Gasteiger partial charge < -0.3 is 5.73 Å². The number of amides is 1. The molecule has 0 saturated heterocycles. The van der Waals surface area contributed by atoms with Gasteiger partial charge in [-0.05, 0) is 39.9 Å². The van der Waals surface area contributed by atoms with Gasteiger partial charge >= 0.3 is 0 Å². The van der Waals surface area contributed by atoms with Crippen LogP contribution in [0.3, 0.4) is 0 Å². The predicted octanol–water partition coefficient (Wildman–Crippen LogP) is 4.03. The number of fused-ring (bicyclic) bond motifs is 3. The molecule has 130 valence electrons. The topological polar surface area (TPSA) is 46.3 Å². The number of rotatable bonds is 3. The second-order valence-corrected chi connectivity index (χ2v) is 6.58. The minimum absolute atomic E-state index is 0.330. The van der Waals surface area contributed by atoms with Crippen molar-refractivity contribution in [3.63, 3.8) is 0 Å². The van der Waals surface area contributed by atoms with E-state index in [0.29, 0.717) is 18.7 Å². The average Bonchev–Trinajstić information content (AvgIpc) is 2.80. The highest BCUT2D eigenvalue weighted by molar-refractivity contribution is 5.82. The summed E-state index contributed by atoms with van der Waals surface area (Å²) in [4.78, 5) is 14.4. The van der Waals surface area contributed by atoms with Gasteiger partial charge in [0.1, 0.15) is 11.9 Å². The van der Waals surface area contributed by atoms with E-state index >= 15 is 0 Å². The number of hydrogen-bond acceptors (Lipinski definition) is 2. The van der Waals surface area contributed by atoms with Crippen LogP contribution in [0.1, 0.15) is 22.7 Å². The number of halogens is 1. The number of primary amides is 1. The Morgan fingerprint density at radius 1 is 0.846 bits per heavy atom. The molecule has 0 radical (unpaired) electrons. The van der Waals surface area contributed by atoms with E-state index in [0.717, 1.165) is 11.1 Å². The Bertz CT molecular complexity index is 905. The summed E-state index contributed by atoms with van der Waals surface area (Å²) >= 11 is 0. The van der Waals surface area contributed by atoms with Crippen molar-refractivity contribution < 1.29 is 9.18 Å². The summed E-state index contributed by atoms with van der Waals surface area (Å²) < 4.78 is 13.3. The molecule has 1 atom stereocenters. The van der Waals surface area contributed by atoms with Crippen LogP contribution < -0.4 is 5.73 Å². The third kappa shape index (κ3) is 3.00. The lowest BCUT2D eigenvalue weighted by Gasteiger charge is -2.29. The van der Waals surface area contributed by atoms with Crippen LogP contribution in [0.5, 0.6) is 0 Å². The molecule has 26 heavy (non-hydrogen) atoms. The lowest BCUT2D eigenvalue weighted by atomic mass is 9.97. The van der Waals surface area contributed by atoms with Gasteiger partial charge in [-0.3, -0.25) is 9.69 Å². The average molecular weight is 346 g/mol. The summed E-state index contributed by atoms with van der Waals surface area (Å²) in [5, 5.41) is 0. The monoisotopic (exact) mass is 346 g/mol. The van der Waals surface area contributed by atoms with Gasteiger partial charge in [-0.25, -0.2) is 4.39 Å². The standard InChI is InChI=1S/C22H19FN2O/c23-18-11-9-15(10-12-18)21(22(24)26)25-13-16-5-1-3-7-19(16)20-8-4-2-6-17(20)14-25/h1-12,21H,13-14H2,(H2,24,26). The Kier molecular flexibility index (Phi) is 4.27. The highest BCUT2D eigenvalue weighted by atomic mass is 19.1. The quantitative estimate of drug-likeness (QED) is 0.778. The molecule has 1 heterocycles. The van der Waals surface area contributed by atoms with E-state index < -0.39 is 11.9 Å². The van der Waals surface area contributed by atoms with Crippen molar-refractivity contribution in [2.45, 2.75) is 19.1 Å². The molecule has 2 N–H and O–H groups in total. The van der Waals surface area contributed by atoms with Crippen molar-refractivity contribution >= 4 is 5.91 Å². The molecule has 4 heteroatoms. The van der Waals surface area contributed by atoms with E-state index in [4.69, 9.17) is 5.73 Å². The first-order chi connectivity index (χ1) is 12.6. The number of carbonyl (C=O) groups excluding carboxylic acids is 1. The fourth-order valence-electron chi connectivity index (χ4n) is 3.72. The number of nitrogens with two attached hydrogens (primary N) is 1. The molecule has 0 spiro atoms. The van der Waals surface area contributed by atoms with Crippen LogP contribution >= 0.6 is 0 Å². The van der Waals surface area contributed by atoms with Crippen molar-refractivity contribution in [2.24, 2.45) is 5.73 Å².